The lowest BCUT2D eigenvalue weighted by Gasteiger charge is -2.26. The molecule has 1 N–H and O–H groups in total. The van der Waals surface area contributed by atoms with Crippen molar-refractivity contribution in [3.63, 3.8) is 0 Å². The molecule has 0 fully saturated rings. The van der Waals surface area contributed by atoms with Crippen LogP contribution in [0.2, 0.25) is 5.02 Å². The number of rotatable bonds is 6. The number of carbonyl (C=O) groups is 1. The Hall–Kier alpha value is -3.65. The average Bonchev–Trinajstić information content (AvgIpc) is 3.02. The van der Waals surface area contributed by atoms with Gasteiger partial charge >= 0.3 is 0 Å². The van der Waals surface area contributed by atoms with Crippen molar-refractivity contribution in [2.24, 2.45) is 0 Å². The molecule has 0 unspecified atom stereocenters. The monoisotopic (exact) mass is 424 g/mol. The number of hydrogen-bond acceptors (Lipinski definition) is 6. The molecule has 1 aromatic heterocycles. The Labute approximate surface area is 177 Å². The third-order valence-corrected chi connectivity index (χ3v) is 5.00. The molecule has 1 aliphatic rings. The molecule has 1 amide bonds. The van der Waals surface area contributed by atoms with Crippen LogP contribution in [0.15, 0.2) is 60.8 Å². The smallest absolute Gasteiger partial charge is 0.289 e. The molecule has 0 aliphatic carbocycles. The van der Waals surface area contributed by atoms with Gasteiger partial charge in [-0.2, -0.15) is 0 Å². The van der Waals surface area contributed by atoms with Crippen molar-refractivity contribution in [2.75, 3.05) is 16.8 Å². The van der Waals surface area contributed by atoms with Gasteiger partial charge in [0, 0.05) is 23.6 Å². The number of fused-ring (bicyclic) bond motifs is 1. The minimum Gasteiger partial charge on any atom is -0.494 e. The zero-order valence-corrected chi connectivity index (χ0v) is 16.7. The normalized spacial score (nSPS) is 15.1. The maximum Gasteiger partial charge on any atom is 0.289 e. The van der Waals surface area contributed by atoms with Gasteiger partial charge in [0.2, 0.25) is 0 Å². The molecule has 4 rings (SSSR count). The summed E-state index contributed by atoms with van der Waals surface area (Å²) in [6.45, 7) is 2.43. The predicted molar refractivity (Wildman–Crippen MR) is 113 cm³/mol. The standard InChI is InChI=1S/C21H17ClN4O4/c1-2-30-15-8-6-14(7-9-15)25-20(19-16(21(25)27)4-3-11-23-19)24-13-5-10-17(22)18(12-13)26(28)29/h3-12,20,24H,2H2,1H3/t20-/m0/s1. The fourth-order valence-electron chi connectivity index (χ4n) is 3.35. The average molecular weight is 425 g/mol. The van der Waals surface area contributed by atoms with Gasteiger partial charge in [0.05, 0.1) is 22.8 Å². The van der Waals surface area contributed by atoms with E-state index in [2.05, 4.69) is 10.3 Å². The number of carbonyl (C=O) groups excluding carboxylic acids is 1. The molecule has 1 aliphatic heterocycles. The van der Waals surface area contributed by atoms with Gasteiger partial charge < -0.3 is 10.1 Å². The maximum absolute atomic E-state index is 13.1. The van der Waals surface area contributed by atoms with Crippen molar-refractivity contribution in [3.8, 4) is 5.75 Å². The topological polar surface area (TPSA) is 97.6 Å². The van der Waals surface area contributed by atoms with Crippen LogP contribution in [0.25, 0.3) is 0 Å². The Morgan fingerprint density at radius 2 is 2.00 bits per heavy atom. The zero-order valence-electron chi connectivity index (χ0n) is 15.9. The predicted octanol–water partition coefficient (Wildman–Crippen LogP) is 4.81. The quantitative estimate of drug-likeness (QED) is 0.450. The first kappa shape index (κ1) is 19.7. The molecule has 9 heteroatoms. The zero-order chi connectivity index (χ0) is 21.3. The molecular formula is C21H17ClN4O4. The fourth-order valence-corrected chi connectivity index (χ4v) is 3.54. The summed E-state index contributed by atoms with van der Waals surface area (Å²) in [4.78, 5) is 29.7. The largest absolute Gasteiger partial charge is 0.494 e. The minimum atomic E-state index is -0.646. The highest BCUT2D eigenvalue weighted by Gasteiger charge is 2.39. The Morgan fingerprint density at radius 3 is 2.70 bits per heavy atom. The van der Waals surface area contributed by atoms with Gasteiger partial charge in [-0.15, -0.1) is 0 Å². The molecule has 152 valence electrons. The summed E-state index contributed by atoms with van der Waals surface area (Å²) in [5.74, 6) is 0.476. The number of benzene rings is 2. The van der Waals surface area contributed by atoms with Crippen LogP contribution >= 0.6 is 11.6 Å². The summed E-state index contributed by atoms with van der Waals surface area (Å²) in [7, 11) is 0. The second kappa shape index (κ2) is 8.00. The van der Waals surface area contributed by atoms with Gasteiger partial charge in [-0.05, 0) is 55.5 Å². The van der Waals surface area contributed by atoms with Crippen LogP contribution in [0.4, 0.5) is 17.1 Å². The maximum atomic E-state index is 13.1. The summed E-state index contributed by atoms with van der Waals surface area (Å²) in [6, 6.07) is 14.9. The number of nitro benzene ring substituents is 1. The van der Waals surface area contributed by atoms with Gasteiger partial charge in [0.15, 0.2) is 6.17 Å². The summed E-state index contributed by atoms with van der Waals surface area (Å²) in [6.07, 6.45) is 0.958. The Balaban J connectivity index is 1.73. The van der Waals surface area contributed by atoms with E-state index in [0.29, 0.717) is 35.0 Å². The van der Waals surface area contributed by atoms with E-state index in [1.165, 1.54) is 12.1 Å². The number of nitrogens with zero attached hydrogens (tertiary/aromatic N) is 3. The number of anilines is 2. The van der Waals surface area contributed by atoms with Gasteiger partial charge in [-0.25, -0.2) is 0 Å². The van der Waals surface area contributed by atoms with Crippen molar-refractivity contribution in [2.45, 2.75) is 13.1 Å². The van der Waals surface area contributed by atoms with Crippen LogP contribution in [0.1, 0.15) is 29.1 Å². The first-order valence-electron chi connectivity index (χ1n) is 9.21. The first-order chi connectivity index (χ1) is 14.5. The molecule has 0 saturated heterocycles. The van der Waals surface area contributed by atoms with Crippen LogP contribution in [-0.2, 0) is 0 Å². The highest BCUT2D eigenvalue weighted by molar-refractivity contribution is 6.32. The number of halogens is 1. The second-order valence-electron chi connectivity index (χ2n) is 6.51. The van der Waals surface area contributed by atoms with Crippen LogP contribution in [0.5, 0.6) is 5.75 Å². The van der Waals surface area contributed by atoms with Crippen LogP contribution < -0.4 is 15.0 Å². The number of pyridine rings is 1. The molecule has 2 aromatic carbocycles. The summed E-state index contributed by atoms with van der Waals surface area (Å²) < 4.78 is 5.47. The molecule has 1 atom stereocenters. The molecular weight excluding hydrogens is 408 g/mol. The van der Waals surface area contributed by atoms with Crippen LogP contribution in [0.3, 0.4) is 0 Å². The molecule has 0 radical (unpaired) electrons. The van der Waals surface area contributed by atoms with Crippen LogP contribution in [-0.4, -0.2) is 22.4 Å². The number of nitrogens with one attached hydrogen (secondary N) is 1. The molecule has 30 heavy (non-hydrogen) atoms. The van der Waals surface area contributed by atoms with Crippen molar-refractivity contribution in [1.29, 1.82) is 0 Å². The molecule has 3 aromatic rings. The second-order valence-corrected chi connectivity index (χ2v) is 6.92. The SMILES string of the molecule is CCOc1ccc(N2C(=O)c3cccnc3[C@H]2Nc2ccc(Cl)c([N+](=O)[O-])c2)cc1. The van der Waals surface area contributed by atoms with Crippen LogP contribution in [0, 0.1) is 10.1 Å². The third kappa shape index (κ3) is 3.53. The van der Waals surface area contributed by atoms with Gasteiger partial charge in [-0.1, -0.05) is 11.6 Å². The van der Waals surface area contributed by atoms with Gasteiger partial charge in [-0.3, -0.25) is 24.8 Å². The third-order valence-electron chi connectivity index (χ3n) is 4.68. The van der Waals surface area contributed by atoms with Gasteiger partial charge in [0.25, 0.3) is 11.6 Å². The Morgan fingerprint density at radius 1 is 1.23 bits per heavy atom. The summed E-state index contributed by atoms with van der Waals surface area (Å²) >= 11 is 5.92. The Kier molecular flexibility index (Phi) is 5.24. The van der Waals surface area contributed by atoms with E-state index in [1.54, 1.807) is 53.6 Å². The Bertz CT molecular complexity index is 1120. The van der Waals surface area contributed by atoms with Crippen molar-refractivity contribution >= 4 is 34.6 Å². The number of hydrogen-bond donors (Lipinski definition) is 1. The summed E-state index contributed by atoms with van der Waals surface area (Å²) in [5.41, 5.74) is 1.86. The van der Waals surface area contributed by atoms with E-state index in [0.717, 1.165) is 0 Å². The highest BCUT2D eigenvalue weighted by atomic mass is 35.5. The number of nitro groups is 1. The van der Waals surface area contributed by atoms with Gasteiger partial charge in [0.1, 0.15) is 10.8 Å². The fraction of sp³-hybridized carbons (Fsp3) is 0.143. The minimum absolute atomic E-state index is 0.0370. The number of amides is 1. The summed E-state index contributed by atoms with van der Waals surface area (Å²) in [5, 5.41) is 14.5. The first-order valence-corrected chi connectivity index (χ1v) is 9.59. The number of aromatic nitrogens is 1. The lowest BCUT2D eigenvalue weighted by molar-refractivity contribution is -0.384. The van der Waals surface area contributed by atoms with Crippen molar-refractivity contribution in [1.82, 2.24) is 4.98 Å². The lowest BCUT2D eigenvalue weighted by atomic mass is 10.2. The van der Waals surface area contributed by atoms with E-state index in [9.17, 15) is 14.9 Å². The molecule has 2 heterocycles. The van der Waals surface area contributed by atoms with Crippen molar-refractivity contribution < 1.29 is 14.5 Å². The molecule has 0 bridgehead atoms. The number of ether oxygens (including phenoxy) is 1. The van der Waals surface area contributed by atoms with E-state index in [-0.39, 0.29) is 16.6 Å². The highest BCUT2D eigenvalue weighted by Crippen LogP contribution is 2.38. The lowest BCUT2D eigenvalue weighted by Crippen LogP contribution is -2.32. The molecule has 0 spiro atoms. The van der Waals surface area contributed by atoms with Crippen molar-refractivity contribution in [3.05, 3.63) is 87.2 Å². The molecule has 8 nitrogen and oxygen atoms in total. The van der Waals surface area contributed by atoms with E-state index in [4.69, 9.17) is 16.3 Å². The molecule has 0 saturated carbocycles. The van der Waals surface area contributed by atoms with E-state index < -0.39 is 11.1 Å². The van der Waals surface area contributed by atoms with E-state index in [1.807, 2.05) is 6.92 Å². The van der Waals surface area contributed by atoms with E-state index >= 15 is 0 Å².